The van der Waals surface area contributed by atoms with Gasteiger partial charge < -0.3 is 19.7 Å². The highest BCUT2D eigenvalue weighted by molar-refractivity contribution is 5.75. The van der Waals surface area contributed by atoms with E-state index in [1.54, 1.807) is 11.0 Å². The molecule has 2 saturated heterocycles. The number of benzene rings is 1. The minimum atomic E-state index is -0.501. The van der Waals surface area contributed by atoms with Crippen molar-refractivity contribution in [3.63, 3.8) is 0 Å². The number of urea groups is 1. The number of amides is 2. The van der Waals surface area contributed by atoms with E-state index < -0.39 is 5.79 Å². The number of piperidine rings is 1. The largest absolute Gasteiger partial charge is 0.347 e. The van der Waals surface area contributed by atoms with Crippen LogP contribution < -0.4 is 5.32 Å². The first-order valence-corrected chi connectivity index (χ1v) is 8.70. The van der Waals surface area contributed by atoms with E-state index >= 15 is 0 Å². The van der Waals surface area contributed by atoms with Crippen LogP contribution in [0.3, 0.4) is 0 Å². The molecular formula is C18H23FN2O3. The normalized spacial score (nSPS) is 28.2. The molecule has 3 aliphatic rings. The van der Waals surface area contributed by atoms with Crippen molar-refractivity contribution >= 4 is 6.03 Å². The molecule has 0 aromatic heterocycles. The lowest BCUT2D eigenvalue weighted by Crippen LogP contribution is -2.50. The molecular weight excluding hydrogens is 311 g/mol. The number of halogens is 1. The maximum atomic E-state index is 13.5. The monoisotopic (exact) mass is 334 g/mol. The third-order valence-corrected chi connectivity index (χ3v) is 5.29. The number of fused-ring (bicyclic) bond motifs is 1. The summed E-state index contributed by atoms with van der Waals surface area (Å²) in [5, 5.41) is 3.06. The van der Waals surface area contributed by atoms with Crippen LogP contribution in [0.25, 0.3) is 0 Å². The molecule has 0 bridgehead atoms. The minimum absolute atomic E-state index is 0.0852. The fourth-order valence-corrected chi connectivity index (χ4v) is 3.98. The van der Waals surface area contributed by atoms with Crippen LogP contribution in [0.4, 0.5) is 9.18 Å². The van der Waals surface area contributed by atoms with E-state index in [0.717, 1.165) is 24.0 Å². The summed E-state index contributed by atoms with van der Waals surface area (Å²) in [6.45, 7) is 3.85. The van der Waals surface area contributed by atoms with E-state index in [1.807, 2.05) is 13.0 Å². The van der Waals surface area contributed by atoms with Gasteiger partial charge in [0.05, 0.1) is 18.8 Å². The third kappa shape index (κ3) is 2.89. The van der Waals surface area contributed by atoms with Gasteiger partial charge in [0, 0.05) is 25.9 Å². The Morgan fingerprint density at radius 3 is 2.88 bits per heavy atom. The van der Waals surface area contributed by atoms with Crippen LogP contribution in [0.1, 0.15) is 43.4 Å². The Hall–Kier alpha value is -1.66. The van der Waals surface area contributed by atoms with E-state index in [2.05, 4.69) is 5.32 Å². The van der Waals surface area contributed by atoms with Crippen molar-refractivity contribution in [2.45, 2.75) is 50.5 Å². The predicted octanol–water partition coefficient (Wildman–Crippen LogP) is 2.75. The maximum absolute atomic E-state index is 13.5. The summed E-state index contributed by atoms with van der Waals surface area (Å²) in [6.07, 6.45) is 3.21. The van der Waals surface area contributed by atoms with Gasteiger partial charge in [-0.3, -0.25) is 0 Å². The van der Waals surface area contributed by atoms with E-state index in [9.17, 15) is 9.18 Å². The summed E-state index contributed by atoms with van der Waals surface area (Å²) < 4.78 is 25.2. The zero-order chi connectivity index (χ0) is 16.7. The third-order valence-electron chi connectivity index (χ3n) is 5.29. The number of rotatable bonds is 1. The summed E-state index contributed by atoms with van der Waals surface area (Å²) in [7, 11) is 0. The van der Waals surface area contributed by atoms with E-state index in [4.69, 9.17) is 9.47 Å². The summed E-state index contributed by atoms with van der Waals surface area (Å²) >= 11 is 0. The number of hydrogen-bond donors (Lipinski definition) is 1. The number of hydrogen-bond acceptors (Lipinski definition) is 3. The molecule has 1 N–H and O–H groups in total. The SMILES string of the molecule is C[C@@H]1COC2(CCN(C(=O)N[C@@H]3CCc4ccc(F)cc43)CC2)O1. The Morgan fingerprint density at radius 2 is 2.17 bits per heavy atom. The zero-order valence-electron chi connectivity index (χ0n) is 13.9. The molecule has 4 rings (SSSR count). The molecule has 2 amide bonds. The Labute approximate surface area is 141 Å². The molecule has 1 spiro atoms. The molecule has 2 atom stereocenters. The highest BCUT2D eigenvalue weighted by Gasteiger charge is 2.43. The smallest absolute Gasteiger partial charge is 0.317 e. The molecule has 0 saturated carbocycles. The van der Waals surface area contributed by atoms with Gasteiger partial charge in [0.1, 0.15) is 5.82 Å². The molecule has 130 valence electrons. The Bertz CT molecular complexity index is 643. The second-order valence-corrected chi connectivity index (χ2v) is 7.02. The van der Waals surface area contributed by atoms with Gasteiger partial charge in [-0.1, -0.05) is 6.07 Å². The second kappa shape index (κ2) is 6.01. The average molecular weight is 334 g/mol. The van der Waals surface area contributed by atoms with Crippen LogP contribution in [0.2, 0.25) is 0 Å². The van der Waals surface area contributed by atoms with Crippen LogP contribution >= 0.6 is 0 Å². The Kier molecular flexibility index (Phi) is 3.96. The molecule has 6 heteroatoms. The van der Waals surface area contributed by atoms with Gasteiger partial charge in [-0.15, -0.1) is 0 Å². The minimum Gasteiger partial charge on any atom is -0.347 e. The number of nitrogens with zero attached hydrogens (tertiary/aromatic N) is 1. The standard InChI is InChI=1S/C18H23FN2O3/c1-12-11-23-18(24-12)6-8-21(9-7-18)17(22)20-16-5-3-13-2-4-14(19)10-15(13)16/h2,4,10,12,16H,3,5-9,11H2,1H3,(H,20,22)/t12-,16-/m1/s1. The molecule has 0 unspecified atom stereocenters. The number of carbonyl (C=O) groups excluding carboxylic acids is 1. The first-order valence-electron chi connectivity index (χ1n) is 8.70. The van der Waals surface area contributed by atoms with Gasteiger partial charge in [0.25, 0.3) is 0 Å². The quantitative estimate of drug-likeness (QED) is 0.859. The van der Waals surface area contributed by atoms with Crippen molar-refractivity contribution in [2.24, 2.45) is 0 Å². The van der Waals surface area contributed by atoms with Gasteiger partial charge in [-0.05, 0) is 43.0 Å². The predicted molar refractivity (Wildman–Crippen MR) is 86.0 cm³/mol. The number of nitrogens with one attached hydrogen (secondary N) is 1. The van der Waals surface area contributed by atoms with Gasteiger partial charge in [0.15, 0.2) is 5.79 Å². The molecule has 24 heavy (non-hydrogen) atoms. The lowest BCUT2D eigenvalue weighted by atomic mass is 10.0. The van der Waals surface area contributed by atoms with Gasteiger partial charge in [-0.25, -0.2) is 9.18 Å². The second-order valence-electron chi connectivity index (χ2n) is 7.02. The van der Waals surface area contributed by atoms with Crippen molar-refractivity contribution < 1.29 is 18.7 Å². The van der Waals surface area contributed by atoms with Crippen LogP contribution in [-0.2, 0) is 15.9 Å². The number of likely N-dealkylation sites (tertiary alicyclic amines) is 1. The zero-order valence-corrected chi connectivity index (χ0v) is 13.9. The summed E-state index contributed by atoms with van der Waals surface area (Å²) in [4.78, 5) is 14.4. The lowest BCUT2D eigenvalue weighted by molar-refractivity contribution is -0.189. The summed E-state index contributed by atoms with van der Waals surface area (Å²) in [5.74, 6) is -0.751. The van der Waals surface area contributed by atoms with E-state index in [0.29, 0.717) is 32.5 Å². The first-order chi connectivity index (χ1) is 11.5. The van der Waals surface area contributed by atoms with Crippen molar-refractivity contribution in [2.75, 3.05) is 19.7 Å². The molecule has 0 radical (unpaired) electrons. The summed E-state index contributed by atoms with van der Waals surface area (Å²) in [6, 6.07) is 4.66. The van der Waals surface area contributed by atoms with Gasteiger partial charge >= 0.3 is 6.03 Å². The first kappa shape index (κ1) is 15.8. The van der Waals surface area contributed by atoms with Gasteiger partial charge in [-0.2, -0.15) is 0 Å². The van der Waals surface area contributed by atoms with Crippen molar-refractivity contribution in [3.05, 3.63) is 35.1 Å². The number of carbonyl (C=O) groups is 1. The van der Waals surface area contributed by atoms with E-state index in [1.165, 1.54) is 6.07 Å². The molecule has 1 aliphatic carbocycles. The number of aryl methyl sites for hydroxylation is 1. The molecule has 1 aromatic rings. The molecule has 2 heterocycles. The molecule has 2 fully saturated rings. The Morgan fingerprint density at radius 1 is 1.38 bits per heavy atom. The fourth-order valence-electron chi connectivity index (χ4n) is 3.98. The van der Waals surface area contributed by atoms with Crippen molar-refractivity contribution in [3.8, 4) is 0 Å². The van der Waals surface area contributed by atoms with E-state index in [-0.39, 0.29) is 24.0 Å². The molecule has 2 aliphatic heterocycles. The lowest BCUT2D eigenvalue weighted by Gasteiger charge is -2.38. The fraction of sp³-hybridized carbons (Fsp3) is 0.611. The highest BCUT2D eigenvalue weighted by atomic mass is 19.1. The highest BCUT2D eigenvalue weighted by Crippen LogP contribution is 2.35. The van der Waals surface area contributed by atoms with Crippen molar-refractivity contribution in [1.82, 2.24) is 10.2 Å². The van der Waals surface area contributed by atoms with Crippen LogP contribution in [0, 0.1) is 5.82 Å². The average Bonchev–Trinajstić information content (AvgIpc) is 3.12. The van der Waals surface area contributed by atoms with Crippen LogP contribution in [-0.4, -0.2) is 42.5 Å². The topological polar surface area (TPSA) is 50.8 Å². The molecule has 1 aromatic carbocycles. The van der Waals surface area contributed by atoms with Crippen molar-refractivity contribution in [1.29, 1.82) is 0 Å². The maximum Gasteiger partial charge on any atom is 0.317 e. The van der Waals surface area contributed by atoms with Crippen LogP contribution in [0.5, 0.6) is 0 Å². The summed E-state index contributed by atoms with van der Waals surface area (Å²) in [5.41, 5.74) is 2.04. The van der Waals surface area contributed by atoms with Crippen LogP contribution in [0.15, 0.2) is 18.2 Å². The number of ether oxygens (including phenoxy) is 2. The molecule has 5 nitrogen and oxygen atoms in total. The Balaban J connectivity index is 1.36. The van der Waals surface area contributed by atoms with Gasteiger partial charge in [0.2, 0.25) is 0 Å².